The summed E-state index contributed by atoms with van der Waals surface area (Å²) in [7, 11) is 0. The molecule has 5 heteroatoms. The molecule has 0 saturated carbocycles. The van der Waals surface area contributed by atoms with Crippen molar-refractivity contribution in [1.29, 1.82) is 0 Å². The predicted molar refractivity (Wildman–Crippen MR) is 58.6 cm³/mol. The van der Waals surface area contributed by atoms with Gasteiger partial charge in [0.1, 0.15) is 5.69 Å². The van der Waals surface area contributed by atoms with E-state index in [4.69, 9.17) is 10.2 Å². The third kappa shape index (κ3) is 1.22. The third-order valence-corrected chi connectivity index (χ3v) is 2.51. The van der Waals surface area contributed by atoms with Gasteiger partial charge in [0.2, 0.25) is 0 Å². The lowest BCUT2D eigenvalue weighted by molar-refractivity contribution is 0.571. The number of nitrogens with zero attached hydrogens (tertiary/aromatic N) is 3. The summed E-state index contributed by atoms with van der Waals surface area (Å²) < 4.78 is 7.15. The lowest BCUT2D eigenvalue weighted by Gasteiger charge is -1.96. The van der Waals surface area contributed by atoms with Gasteiger partial charge >= 0.3 is 0 Å². The first kappa shape index (κ1) is 9.11. The van der Waals surface area contributed by atoms with Gasteiger partial charge in [0.15, 0.2) is 12.2 Å². The molecule has 3 aromatic heterocycles. The van der Waals surface area contributed by atoms with Crippen molar-refractivity contribution >= 4 is 5.52 Å². The van der Waals surface area contributed by atoms with Crippen LogP contribution in [0, 0.1) is 0 Å². The summed E-state index contributed by atoms with van der Waals surface area (Å²) in [6, 6.07) is 5.86. The van der Waals surface area contributed by atoms with E-state index in [0.717, 1.165) is 16.8 Å². The first-order chi connectivity index (χ1) is 7.90. The molecule has 3 aromatic rings. The average molecular weight is 214 g/mol. The van der Waals surface area contributed by atoms with E-state index in [1.165, 1.54) is 6.39 Å². The highest BCUT2D eigenvalue weighted by atomic mass is 16.3. The van der Waals surface area contributed by atoms with Gasteiger partial charge in [-0.2, -0.15) is 5.10 Å². The summed E-state index contributed by atoms with van der Waals surface area (Å²) in [5.41, 5.74) is 8.24. The van der Waals surface area contributed by atoms with E-state index in [9.17, 15) is 0 Å². The number of fused-ring (bicyclic) bond motifs is 1. The zero-order chi connectivity index (χ0) is 11.0. The summed E-state index contributed by atoms with van der Waals surface area (Å²) in [4.78, 5) is 4.07. The first-order valence-corrected chi connectivity index (χ1v) is 4.95. The third-order valence-electron chi connectivity index (χ3n) is 2.51. The largest absolute Gasteiger partial charge is 0.443 e. The maximum Gasteiger partial charge on any atom is 0.181 e. The van der Waals surface area contributed by atoms with Crippen molar-refractivity contribution in [3.63, 3.8) is 0 Å². The molecule has 0 radical (unpaired) electrons. The van der Waals surface area contributed by atoms with Gasteiger partial charge in [0.25, 0.3) is 0 Å². The fraction of sp³-hybridized carbons (Fsp3) is 0.0909. The maximum atomic E-state index is 5.60. The van der Waals surface area contributed by atoms with Crippen LogP contribution in [-0.2, 0) is 6.54 Å². The number of hydrogen-bond acceptors (Lipinski definition) is 4. The van der Waals surface area contributed by atoms with Crippen LogP contribution in [0.2, 0.25) is 0 Å². The molecule has 3 heterocycles. The van der Waals surface area contributed by atoms with E-state index in [-0.39, 0.29) is 0 Å². The second-order valence-electron chi connectivity index (χ2n) is 3.42. The Bertz CT molecular complexity index is 625. The van der Waals surface area contributed by atoms with Gasteiger partial charge < -0.3 is 10.2 Å². The van der Waals surface area contributed by atoms with E-state index < -0.39 is 0 Å². The van der Waals surface area contributed by atoms with E-state index in [1.807, 2.05) is 24.4 Å². The van der Waals surface area contributed by atoms with Crippen LogP contribution < -0.4 is 5.73 Å². The minimum Gasteiger partial charge on any atom is -0.443 e. The van der Waals surface area contributed by atoms with Gasteiger partial charge in [-0.25, -0.2) is 9.50 Å². The Balaban J connectivity index is 2.26. The molecule has 80 valence electrons. The smallest absolute Gasteiger partial charge is 0.181 e. The SMILES string of the molecule is NCc1ncoc1-c1cnn2ccccc12. The van der Waals surface area contributed by atoms with Crippen LogP contribution >= 0.6 is 0 Å². The highest BCUT2D eigenvalue weighted by Crippen LogP contribution is 2.26. The molecule has 0 unspecified atom stereocenters. The predicted octanol–water partition coefficient (Wildman–Crippen LogP) is 1.45. The Hall–Kier alpha value is -2.14. The van der Waals surface area contributed by atoms with E-state index in [0.29, 0.717) is 12.3 Å². The van der Waals surface area contributed by atoms with Crippen LogP contribution in [0.25, 0.3) is 16.8 Å². The molecule has 0 spiro atoms. The Morgan fingerprint density at radius 2 is 2.31 bits per heavy atom. The number of oxazole rings is 1. The standard InChI is InChI=1S/C11H10N4O/c12-5-9-11(16-7-13-9)8-6-14-15-4-2-1-3-10(8)15/h1-4,6-7H,5,12H2. The molecule has 16 heavy (non-hydrogen) atoms. The molecule has 0 amide bonds. The molecule has 0 bridgehead atoms. The fourth-order valence-corrected chi connectivity index (χ4v) is 1.74. The molecule has 0 aliphatic heterocycles. The van der Waals surface area contributed by atoms with Crippen LogP contribution in [0.1, 0.15) is 5.69 Å². The number of rotatable bonds is 2. The van der Waals surface area contributed by atoms with Gasteiger partial charge in [-0.1, -0.05) is 6.07 Å². The maximum absolute atomic E-state index is 5.60. The molecular formula is C11H10N4O. The molecule has 0 fully saturated rings. The highest BCUT2D eigenvalue weighted by Gasteiger charge is 2.13. The Morgan fingerprint density at radius 1 is 1.38 bits per heavy atom. The topological polar surface area (TPSA) is 69.3 Å². The molecule has 0 aromatic carbocycles. The Labute approximate surface area is 91.5 Å². The van der Waals surface area contributed by atoms with E-state index in [2.05, 4.69) is 10.1 Å². The quantitative estimate of drug-likeness (QED) is 0.701. The lowest BCUT2D eigenvalue weighted by Crippen LogP contribution is -1.97. The summed E-state index contributed by atoms with van der Waals surface area (Å²) in [6.07, 6.45) is 5.05. The van der Waals surface area contributed by atoms with Gasteiger partial charge in [0.05, 0.1) is 17.3 Å². The molecule has 2 N–H and O–H groups in total. The summed E-state index contributed by atoms with van der Waals surface area (Å²) >= 11 is 0. The summed E-state index contributed by atoms with van der Waals surface area (Å²) in [5.74, 6) is 0.698. The van der Waals surface area contributed by atoms with Crippen molar-refractivity contribution in [1.82, 2.24) is 14.6 Å². The average Bonchev–Trinajstić information content (AvgIpc) is 2.94. The van der Waals surface area contributed by atoms with Gasteiger partial charge in [-0.15, -0.1) is 0 Å². The lowest BCUT2D eigenvalue weighted by atomic mass is 10.2. The molecule has 0 saturated heterocycles. The summed E-state index contributed by atoms with van der Waals surface area (Å²) in [5, 5.41) is 4.24. The summed E-state index contributed by atoms with van der Waals surface area (Å²) in [6.45, 7) is 0.357. The van der Waals surface area contributed by atoms with Crippen molar-refractivity contribution in [2.45, 2.75) is 6.54 Å². The van der Waals surface area contributed by atoms with Crippen molar-refractivity contribution in [2.75, 3.05) is 0 Å². The van der Waals surface area contributed by atoms with Gasteiger partial charge in [0, 0.05) is 12.7 Å². The molecule has 3 rings (SSSR count). The van der Waals surface area contributed by atoms with Crippen LogP contribution in [0.15, 0.2) is 41.4 Å². The van der Waals surface area contributed by atoms with Crippen LogP contribution in [0.5, 0.6) is 0 Å². The minimum absolute atomic E-state index is 0.357. The van der Waals surface area contributed by atoms with Crippen molar-refractivity contribution in [3.05, 3.63) is 42.7 Å². The van der Waals surface area contributed by atoms with Gasteiger partial charge in [-0.05, 0) is 12.1 Å². The second-order valence-corrected chi connectivity index (χ2v) is 3.42. The fourth-order valence-electron chi connectivity index (χ4n) is 1.74. The van der Waals surface area contributed by atoms with Crippen molar-refractivity contribution in [2.24, 2.45) is 5.73 Å². The number of hydrogen-bond donors (Lipinski definition) is 1. The van der Waals surface area contributed by atoms with Crippen LogP contribution in [-0.4, -0.2) is 14.6 Å². The Morgan fingerprint density at radius 3 is 3.19 bits per heavy atom. The molecule has 0 atom stereocenters. The van der Waals surface area contributed by atoms with Crippen LogP contribution in [0.4, 0.5) is 0 Å². The van der Waals surface area contributed by atoms with E-state index in [1.54, 1.807) is 10.7 Å². The van der Waals surface area contributed by atoms with E-state index >= 15 is 0 Å². The van der Waals surface area contributed by atoms with Crippen molar-refractivity contribution < 1.29 is 4.42 Å². The first-order valence-electron chi connectivity index (χ1n) is 4.95. The number of nitrogens with two attached hydrogens (primary N) is 1. The van der Waals surface area contributed by atoms with Crippen molar-refractivity contribution in [3.8, 4) is 11.3 Å². The van der Waals surface area contributed by atoms with Gasteiger partial charge in [-0.3, -0.25) is 0 Å². The van der Waals surface area contributed by atoms with Crippen LogP contribution in [0.3, 0.4) is 0 Å². The molecular weight excluding hydrogens is 204 g/mol. The second kappa shape index (κ2) is 3.46. The molecule has 0 aliphatic rings. The number of pyridine rings is 1. The minimum atomic E-state index is 0.357. The normalized spacial score (nSPS) is 11.1. The Kier molecular flexibility index (Phi) is 1.97. The highest BCUT2D eigenvalue weighted by molar-refractivity contribution is 5.77. The zero-order valence-corrected chi connectivity index (χ0v) is 8.50. The monoisotopic (exact) mass is 214 g/mol. The number of aromatic nitrogens is 3. The molecule has 0 aliphatic carbocycles. The molecule has 5 nitrogen and oxygen atoms in total. The zero-order valence-electron chi connectivity index (χ0n) is 8.50.